The number of rotatable bonds is 8. The number of hydrogen-bond acceptors (Lipinski definition) is 4. The van der Waals surface area contributed by atoms with Crippen molar-refractivity contribution in [2.45, 2.75) is 68.9 Å². The predicted octanol–water partition coefficient (Wildman–Crippen LogP) is 4.32. The molecule has 0 N–H and O–H groups in total. The molecule has 2 aliphatic heterocycles. The lowest BCUT2D eigenvalue weighted by Crippen LogP contribution is -2.48. The number of amides is 3. The number of carbonyl (C=O) groups excluding carboxylic acids is 3. The Kier molecular flexibility index (Phi) is 6.74. The van der Waals surface area contributed by atoms with E-state index in [1.165, 1.54) is 4.90 Å². The molecule has 2 aromatic rings. The van der Waals surface area contributed by atoms with E-state index in [1.807, 2.05) is 59.5 Å². The van der Waals surface area contributed by atoms with Crippen LogP contribution in [0.4, 0.5) is 0 Å². The van der Waals surface area contributed by atoms with Crippen LogP contribution in [0.3, 0.4) is 0 Å². The van der Waals surface area contributed by atoms with Gasteiger partial charge in [0.05, 0.1) is 5.41 Å². The molecule has 184 valence electrons. The molecule has 2 atom stereocenters. The van der Waals surface area contributed by atoms with Crippen molar-refractivity contribution in [2.24, 2.45) is 0 Å². The van der Waals surface area contributed by atoms with Gasteiger partial charge in [-0.05, 0) is 55.2 Å². The molecule has 0 bridgehead atoms. The van der Waals surface area contributed by atoms with Gasteiger partial charge in [0, 0.05) is 45.2 Å². The fourth-order valence-electron chi connectivity index (χ4n) is 5.79. The molecule has 0 aromatic heterocycles. The third-order valence-electron chi connectivity index (χ3n) is 7.86. The van der Waals surface area contributed by atoms with Crippen LogP contribution in [0.25, 0.3) is 11.1 Å². The lowest BCUT2D eigenvalue weighted by atomic mass is 9.75. The molecule has 0 radical (unpaired) electrons. The van der Waals surface area contributed by atoms with Gasteiger partial charge in [-0.15, -0.1) is 0 Å². The van der Waals surface area contributed by atoms with Crippen molar-refractivity contribution in [1.82, 2.24) is 9.80 Å². The molecular weight excluding hydrogens is 440 g/mol. The van der Waals surface area contributed by atoms with E-state index in [2.05, 4.69) is 0 Å². The summed E-state index contributed by atoms with van der Waals surface area (Å²) in [6.45, 7) is 1.30. The average molecular weight is 475 g/mol. The van der Waals surface area contributed by atoms with E-state index in [0.29, 0.717) is 13.2 Å². The van der Waals surface area contributed by atoms with Gasteiger partial charge in [0.25, 0.3) is 0 Å². The largest absolute Gasteiger partial charge is 0.385 e. The topological polar surface area (TPSA) is 66.9 Å². The molecule has 3 fully saturated rings. The van der Waals surface area contributed by atoms with Gasteiger partial charge >= 0.3 is 0 Å². The van der Waals surface area contributed by atoms with Gasteiger partial charge in [0.15, 0.2) is 0 Å². The summed E-state index contributed by atoms with van der Waals surface area (Å²) < 4.78 is 5.28. The average Bonchev–Trinajstić information content (AvgIpc) is 3.69. The minimum atomic E-state index is -1.13. The van der Waals surface area contributed by atoms with Crippen molar-refractivity contribution in [1.29, 1.82) is 0 Å². The van der Waals surface area contributed by atoms with Crippen molar-refractivity contribution in [3.63, 3.8) is 0 Å². The molecule has 1 saturated carbocycles. The summed E-state index contributed by atoms with van der Waals surface area (Å²) in [6.07, 6.45) is 5.63. The number of carbonyl (C=O) groups is 3. The van der Waals surface area contributed by atoms with Crippen LogP contribution in [0.2, 0.25) is 0 Å². The normalized spacial score (nSPS) is 24.8. The molecular formula is C29H34N2O4. The number of likely N-dealkylation sites (tertiary alicyclic amines) is 2. The molecule has 35 heavy (non-hydrogen) atoms. The van der Waals surface area contributed by atoms with Crippen molar-refractivity contribution < 1.29 is 19.1 Å². The van der Waals surface area contributed by atoms with Gasteiger partial charge in [-0.2, -0.15) is 0 Å². The highest BCUT2D eigenvalue weighted by Crippen LogP contribution is 2.45. The van der Waals surface area contributed by atoms with Crippen molar-refractivity contribution in [2.75, 3.05) is 20.3 Å². The lowest BCUT2D eigenvalue weighted by Gasteiger charge is -2.38. The Labute approximate surface area is 207 Å². The zero-order valence-electron chi connectivity index (χ0n) is 20.4. The number of ether oxygens (including phenoxy) is 1. The summed E-state index contributed by atoms with van der Waals surface area (Å²) in [7, 11) is 1.68. The molecule has 0 spiro atoms. The van der Waals surface area contributed by atoms with Crippen LogP contribution in [0.1, 0.15) is 56.9 Å². The van der Waals surface area contributed by atoms with E-state index < -0.39 is 5.41 Å². The van der Waals surface area contributed by atoms with E-state index in [0.717, 1.165) is 55.2 Å². The lowest BCUT2D eigenvalue weighted by molar-refractivity contribution is -0.144. The molecule has 3 amide bonds. The van der Waals surface area contributed by atoms with Gasteiger partial charge < -0.3 is 9.64 Å². The molecule has 6 heteroatoms. The van der Waals surface area contributed by atoms with Crippen LogP contribution < -0.4 is 0 Å². The van der Waals surface area contributed by atoms with Crippen molar-refractivity contribution >= 4 is 17.7 Å². The third-order valence-corrected chi connectivity index (χ3v) is 7.86. The fraction of sp³-hybridized carbons (Fsp3) is 0.483. The minimum Gasteiger partial charge on any atom is -0.385 e. The second kappa shape index (κ2) is 9.94. The van der Waals surface area contributed by atoms with Crippen LogP contribution in [-0.2, 0) is 24.5 Å². The van der Waals surface area contributed by atoms with Crippen molar-refractivity contribution in [3.05, 3.63) is 60.2 Å². The quantitative estimate of drug-likeness (QED) is 0.535. The highest BCUT2D eigenvalue weighted by molar-refractivity contribution is 6.11. The zero-order valence-corrected chi connectivity index (χ0v) is 20.4. The highest BCUT2D eigenvalue weighted by atomic mass is 16.5. The Morgan fingerprint density at radius 2 is 1.69 bits per heavy atom. The van der Waals surface area contributed by atoms with Gasteiger partial charge in [0.2, 0.25) is 17.7 Å². The Morgan fingerprint density at radius 3 is 2.37 bits per heavy atom. The molecule has 2 saturated heterocycles. The Balaban J connectivity index is 1.46. The summed E-state index contributed by atoms with van der Waals surface area (Å²) in [6, 6.07) is 18.1. The van der Waals surface area contributed by atoms with Crippen LogP contribution >= 0.6 is 0 Å². The Morgan fingerprint density at radius 1 is 0.971 bits per heavy atom. The van der Waals surface area contributed by atoms with E-state index in [-0.39, 0.29) is 42.6 Å². The minimum absolute atomic E-state index is 0.00000660. The number of imide groups is 1. The summed E-state index contributed by atoms with van der Waals surface area (Å²) in [4.78, 5) is 44.1. The fourth-order valence-corrected chi connectivity index (χ4v) is 5.79. The van der Waals surface area contributed by atoms with Gasteiger partial charge in [-0.1, -0.05) is 54.6 Å². The summed E-state index contributed by atoms with van der Waals surface area (Å²) in [5.74, 6) is -0.375. The van der Waals surface area contributed by atoms with E-state index in [9.17, 15) is 14.4 Å². The van der Waals surface area contributed by atoms with Gasteiger partial charge in [-0.25, -0.2) is 0 Å². The number of methoxy groups -OCH3 is 1. The maximum atomic E-state index is 13.9. The summed E-state index contributed by atoms with van der Waals surface area (Å²) in [5.41, 5.74) is 1.77. The predicted molar refractivity (Wildman–Crippen MR) is 134 cm³/mol. The SMILES string of the molecule is COCC[C@@H]1CCCCN1C(=O)C[C@]1(c2ccc(-c3ccccc3)cc2)CC(=O)N(C2CC2)C1=O. The molecule has 3 aliphatic rings. The Bertz CT molecular complexity index is 1080. The first-order chi connectivity index (χ1) is 17.0. The van der Waals surface area contributed by atoms with Crippen LogP contribution in [0, 0.1) is 0 Å². The first-order valence-electron chi connectivity index (χ1n) is 12.8. The standard InChI is InChI=1S/C29H34N2O4/c1-35-18-16-24-9-5-6-17-30(24)26(32)19-29(20-27(33)31(28(29)34)25-14-15-25)23-12-10-22(11-13-23)21-7-3-2-4-8-21/h2-4,7-8,10-13,24-25H,5-6,9,14-20H2,1H3/t24-,29+/m0/s1. The second-order valence-electron chi connectivity index (χ2n) is 10.2. The van der Waals surface area contributed by atoms with Crippen LogP contribution in [-0.4, -0.2) is 59.9 Å². The molecule has 1 aliphatic carbocycles. The van der Waals surface area contributed by atoms with E-state index >= 15 is 0 Å². The third kappa shape index (κ3) is 4.64. The summed E-state index contributed by atoms with van der Waals surface area (Å²) in [5, 5.41) is 0. The number of nitrogens with zero attached hydrogens (tertiary/aromatic N) is 2. The smallest absolute Gasteiger partial charge is 0.241 e. The van der Waals surface area contributed by atoms with Crippen LogP contribution in [0.5, 0.6) is 0 Å². The van der Waals surface area contributed by atoms with Gasteiger partial charge in [0.1, 0.15) is 0 Å². The molecule has 0 unspecified atom stereocenters. The first kappa shape index (κ1) is 23.7. The number of piperidine rings is 1. The Hall–Kier alpha value is -2.99. The van der Waals surface area contributed by atoms with Crippen molar-refractivity contribution in [3.8, 4) is 11.1 Å². The monoisotopic (exact) mass is 474 g/mol. The first-order valence-corrected chi connectivity index (χ1v) is 12.8. The molecule has 2 aromatic carbocycles. The molecule has 6 nitrogen and oxygen atoms in total. The van der Waals surface area contributed by atoms with Gasteiger partial charge in [-0.3, -0.25) is 19.3 Å². The highest BCUT2D eigenvalue weighted by Gasteiger charge is 2.57. The second-order valence-corrected chi connectivity index (χ2v) is 10.2. The van der Waals surface area contributed by atoms with E-state index in [4.69, 9.17) is 4.74 Å². The molecule has 2 heterocycles. The number of benzene rings is 2. The maximum Gasteiger partial charge on any atom is 0.241 e. The van der Waals surface area contributed by atoms with E-state index in [1.54, 1.807) is 7.11 Å². The number of hydrogen-bond donors (Lipinski definition) is 0. The summed E-state index contributed by atoms with van der Waals surface area (Å²) >= 11 is 0. The molecule has 5 rings (SSSR count). The van der Waals surface area contributed by atoms with Crippen LogP contribution in [0.15, 0.2) is 54.6 Å². The zero-order chi connectivity index (χ0) is 24.4. The maximum absolute atomic E-state index is 13.9.